The van der Waals surface area contributed by atoms with Gasteiger partial charge in [-0.1, -0.05) is 12.8 Å². The number of aryl methyl sites for hydroxylation is 1. The normalized spacial score (nSPS) is 25.1. The fourth-order valence-electron chi connectivity index (χ4n) is 3.86. The molecule has 3 rings (SSSR count). The van der Waals surface area contributed by atoms with Crippen LogP contribution in [0.2, 0.25) is 0 Å². The lowest BCUT2D eigenvalue weighted by atomic mass is 9.91. The Hall–Kier alpha value is 0.350. The predicted octanol–water partition coefficient (Wildman–Crippen LogP) is 4.19. The van der Waals surface area contributed by atoms with E-state index in [9.17, 15) is 0 Å². The zero-order valence-corrected chi connectivity index (χ0v) is 15.5. The first-order chi connectivity index (χ1) is 9.61. The average Bonchev–Trinajstić information content (AvgIpc) is 3.02. The summed E-state index contributed by atoms with van der Waals surface area (Å²) in [6.07, 6.45) is 9.44. The molecule has 0 bridgehead atoms. The first kappa shape index (κ1) is 15.3. The molecule has 1 N–H and O–H groups in total. The highest BCUT2D eigenvalue weighted by Gasteiger charge is 2.36. The van der Waals surface area contributed by atoms with E-state index in [4.69, 9.17) is 0 Å². The lowest BCUT2D eigenvalue weighted by Gasteiger charge is -2.38. The molecule has 0 amide bonds. The summed E-state index contributed by atoms with van der Waals surface area (Å²) in [5, 5.41) is 3.92. The third kappa shape index (κ3) is 2.94. The standard InChI is InChI=1S/C16H25IN2S/c1-19(2)16(8-3-4-9-16)11-18-13-6-5-7-14-12(13)10-15(17)20-14/h10,13,18H,3-9,11H2,1-2H3. The van der Waals surface area contributed by atoms with Crippen molar-refractivity contribution in [3.8, 4) is 0 Å². The van der Waals surface area contributed by atoms with Crippen LogP contribution in [-0.4, -0.2) is 31.1 Å². The van der Waals surface area contributed by atoms with E-state index in [1.54, 1.807) is 10.4 Å². The first-order valence-electron chi connectivity index (χ1n) is 7.80. The van der Waals surface area contributed by atoms with Gasteiger partial charge in [0.2, 0.25) is 0 Å². The molecule has 1 saturated carbocycles. The third-order valence-corrected chi connectivity index (χ3v) is 7.22. The van der Waals surface area contributed by atoms with E-state index in [1.807, 2.05) is 11.3 Å². The van der Waals surface area contributed by atoms with E-state index in [0.717, 1.165) is 6.54 Å². The number of nitrogens with one attached hydrogen (secondary N) is 1. The Labute approximate surface area is 140 Å². The van der Waals surface area contributed by atoms with Crippen LogP contribution in [0.15, 0.2) is 6.07 Å². The largest absolute Gasteiger partial charge is 0.308 e. The van der Waals surface area contributed by atoms with Crippen molar-refractivity contribution in [3.63, 3.8) is 0 Å². The monoisotopic (exact) mass is 404 g/mol. The van der Waals surface area contributed by atoms with Crippen LogP contribution in [0.3, 0.4) is 0 Å². The average molecular weight is 404 g/mol. The first-order valence-corrected chi connectivity index (χ1v) is 9.69. The summed E-state index contributed by atoms with van der Waals surface area (Å²) in [6.45, 7) is 1.15. The zero-order valence-electron chi connectivity index (χ0n) is 12.5. The fraction of sp³-hybridized carbons (Fsp3) is 0.750. The van der Waals surface area contributed by atoms with Crippen LogP contribution in [0.25, 0.3) is 0 Å². The Morgan fingerprint density at radius 3 is 2.80 bits per heavy atom. The molecule has 4 heteroatoms. The molecule has 20 heavy (non-hydrogen) atoms. The van der Waals surface area contributed by atoms with Crippen molar-refractivity contribution >= 4 is 33.9 Å². The van der Waals surface area contributed by atoms with Gasteiger partial charge in [-0.25, -0.2) is 0 Å². The SMILES string of the molecule is CN(C)C1(CNC2CCCc3sc(I)cc32)CCCC1. The number of thiophene rings is 1. The van der Waals surface area contributed by atoms with Gasteiger partial charge in [-0.3, -0.25) is 0 Å². The van der Waals surface area contributed by atoms with Gasteiger partial charge in [0, 0.05) is 23.0 Å². The maximum Gasteiger partial charge on any atom is 0.0659 e. The minimum Gasteiger partial charge on any atom is -0.308 e. The minimum absolute atomic E-state index is 0.404. The highest BCUT2D eigenvalue weighted by molar-refractivity contribution is 14.1. The molecule has 0 saturated heterocycles. The lowest BCUT2D eigenvalue weighted by Crippen LogP contribution is -2.50. The molecule has 2 aliphatic rings. The van der Waals surface area contributed by atoms with Crippen LogP contribution in [0.1, 0.15) is 55.0 Å². The van der Waals surface area contributed by atoms with Crippen molar-refractivity contribution in [3.05, 3.63) is 19.4 Å². The van der Waals surface area contributed by atoms with Gasteiger partial charge >= 0.3 is 0 Å². The topological polar surface area (TPSA) is 15.3 Å². The maximum absolute atomic E-state index is 3.92. The zero-order chi connectivity index (χ0) is 14.2. The second-order valence-corrected chi connectivity index (χ2v) is 9.61. The minimum atomic E-state index is 0.404. The van der Waals surface area contributed by atoms with Gasteiger partial charge in [0.05, 0.1) is 2.88 Å². The van der Waals surface area contributed by atoms with Crippen molar-refractivity contribution in [1.82, 2.24) is 10.2 Å². The molecule has 1 atom stereocenters. The van der Waals surface area contributed by atoms with Crippen LogP contribution in [0.4, 0.5) is 0 Å². The van der Waals surface area contributed by atoms with E-state index < -0.39 is 0 Å². The number of hydrogen-bond acceptors (Lipinski definition) is 3. The van der Waals surface area contributed by atoms with E-state index in [1.165, 1.54) is 47.8 Å². The van der Waals surface area contributed by atoms with Crippen LogP contribution >= 0.6 is 33.9 Å². The van der Waals surface area contributed by atoms with Crippen molar-refractivity contribution in [2.45, 2.75) is 56.5 Å². The maximum atomic E-state index is 3.92. The van der Waals surface area contributed by atoms with Gasteiger partial charge < -0.3 is 10.2 Å². The molecule has 0 spiro atoms. The number of halogens is 1. The van der Waals surface area contributed by atoms with Gasteiger partial charge in [-0.15, -0.1) is 11.3 Å². The number of likely N-dealkylation sites (N-methyl/N-ethyl adjacent to an activating group) is 1. The predicted molar refractivity (Wildman–Crippen MR) is 95.6 cm³/mol. The van der Waals surface area contributed by atoms with Crippen molar-refractivity contribution in [2.75, 3.05) is 20.6 Å². The second-order valence-electron chi connectivity index (χ2n) is 6.58. The van der Waals surface area contributed by atoms with Crippen molar-refractivity contribution in [2.24, 2.45) is 0 Å². The summed E-state index contributed by atoms with van der Waals surface area (Å²) in [5.41, 5.74) is 2.00. The Bertz CT molecular complexity index is 463. The molecule has 2 nitrogen and oxygen atoms in total. The van der Waals surface area contributed by atoms with Crippen LogP contribution < -0.4 is 5.32 Å². The summed E-state index contributed by atoms with van der Waals surface area (Å²) in [7, 11) is 4.51. The number of fused-ring (bicyclic) bond motifs is 1. The fourth-order valence-corrected chi connectivity index (χ4v) is 5.98. The van der Waals surface area contributed by atoms with Crippen LogP contribution in [0.5, 0.6) is 0 Å². The molecule has 0 aromatic carbocycles. The quantitative estimate of drug-likeness (QED) is 0.757. The number of nitrogens with zero attached hydrogens (tertiary/aromatic N) is 1. The van der Waals surface area contributed by atoms with Gasteiger partial charge in [-0.05, 0) is 80.4 Å². The van der Waals surface area contributed by atoms with Gasteiger partial charge in [0.15, 0.2) is 0 Å². The molecular weight excluding hydrogens is 379 g/mol. The highest BCUT2D eigenvalue weighted by Crippen LogP contribution is 2.38. The number of rotatable bonds is 4. The van der Waals surface area contributed by atoms with Crippen molar-refractivity contribution in [1.29, 1.82) is 0 Å². The summed E-state index contributed by atoms with van der Waals surface area (Å²) in [6, 6.07) is 3.00. The Kier molecular flexibility index (Phi) is 4.75. The summed E-state index contributed by atoms with van der Waals surface area (Å²) in [5.74, 6) is 0. The Balaban J connectivity index is 1.69. The molecule has 1 heterocycles. The second kappa shape index (κ2) is 6.23. The van der Waals surface area contributed by atoms with Crippen LogP contribution in [0, 0.1) is 2.88 Å². The van der Waals surface area contributed by atoms with E-state index in [-0.39, 0.29) is 0 Å². The number of hydrogen-bond donors (Lipinski definition) is 1. The third-order valence-electron chi connectivity index (χ3n) is 5.24. The molecule has 1 aromatic heterocycles. The van der Waals surface area contributed by atoms with E-state index >= 15 is 0 Å². The smallest absolute Gasteiger partial charge is 0.0659 e. The molecule has 0 radical (unpaired) electrons. The Morgan fingerprint density at radius 2 is 2.10 bits per heavy atom. The molecule has 112 valence electrons. The molecule has 0 aliphatic heterocycles. The molecule has 2 aliphatic carbocycles. The van der Waals surface area contributed by atoms with Crippen LogP contribution in [-0.2, 0) is 6.42 Å². The summed E-state index contributed by atoms with van der Waals surface area (Å²) >= 11 is 4.47. The molecular formula is C16H25IN2S. The highest BCUT2D eigenvalue weighted by atomic mass is 127. The van der Waals surface area contributed by atoms with Gasteiger partial charge in [0.1, 0.15) is 0 Å². The lowest BCUT2D eigenvalue weighted by molar-refractivity contribution is 0.147. The summed E-state index contributed by atoms with van der Waals surface area (Å²) < 4.78 is 1.45. The molecule has 1 fully saturated rings. The Morgan fingerprint density at radius 1 is 1.35 bits per heavy atom. The van der Waals surface area contributed by atoms with Gasteiger partial charge in [0.25, 0.3) is 0 Å². The van der Waals surface area contributed by atoms with E-state index in [0.29, 0.717) is 11.6 Å². The molecule has 1 aromatic rings. The van der Waals surface area contributed by atoms with Crippen molar-refractivity contribution < 1.29 is 0 Å². The summed E-state index contributed by atoms with van der Waals surface area (Å²) in [4.78, 5) is 4.09. The molecule has 1 unspecified atom stereocenters. The van der Waals surface area contributed by atoms with Gasteiger partial charge in [-0.2, -0.15) is 0 Å². The van der Waals surface area contributed by atoms with E-state index in [2.05, 4.69) is 53.0 Å².